The van der Waals surface area contributed by atoms with E-state index in [0.717, 1.165) is 42.5 Å². The molecule has 1 heterocycles. The minimum absolute atomic E-state index is 0.226. The number of nitrogens with zero attached hydrogens (tertiary/aromatic N) is 1. The number of benzene rings is 2. The van der Waals surface area contributed by atoms with Crippen LogP contribution in [-0.4, -0.2) is 16.7 Å². The predicted molar refractivity (Wildman–Crippen MR) is 122 cm³/mol. The number of thiocarbonyl (C=S) groups is 1. The molecule has 160 valence electrons. The Bertz CT molecular complexity index is 993. The zero-order chi connectivity index (χ0) is 22.1. The van der Waals surface area contributed by atoms with Gasteiger partial charge >= 0.3 is 6.18 Å². The summed E-state index contributed by atoms with van der Waals surface area (Å²) in [4.78, 5) is 5.50. The van der Waals surface area contributed by atoms with E-state index in [1.165, 1.54) is 13.0 Å². The SMILES string of the molecule is CCCc1ccccc1C1=NC(CCC)C(=S)Nc2cc(C(F)(F)F)c(C)c(C)c21. The molecule has 0 saturated carbocycles. The Morgan fingerprint density at radius 3 is 2.40 bits per heavy atom. The van der Waals surface area contributed by atoms with Gasteiger partial charge in [-0.3, -0.25) is 4.99 Å². The van der Waals surface area contributed by atoms with Crippen LogP contribution in [0, 0.1) is 13.8 Å². The van der Waals surface area contributed by atoms with Gasteiger partial charge in [0.15, 0.2) is 0 Å². The summed E-state index contributed by atoms with van der Waals surface area (Å²) < 4.78 is 41.1. The van der Waals surface area contributed by atoms with E-state index in [9.17, 15) is 13.2 Å². The fraction of sp³-hybridized carbons (Fsp3) is 0.417. The van der Waals surface area contributed by atoms with Crippen LogP contribution in [0.1, 0.15) is 66.5 Å². The van der Waals surface area contributed by atoms with Gasteiger partial charge in [0.2, 0.25) is 0 Å². The summed E-state index contributed by atoms with van der Waals surface area (Å²) in [5.41, 5.74) is 4.11. The molecule has 30 heavy (non-hydrogen) atoms. The number of nitrogens with one attached hydrogen (secondary N) is 1. The Labute approximate surface area is 181 Å². The van der Waals surface area contributed by atoms with Gasteiger partial charge in [0, 0.05) is 16.8 Å². The van der Waals surface area contributed by atoms with Crippen molar-refractivity contribution in [3.05, 3.63) is 63.7 Å². The van der Waals surface area contributed by atoms with E-state index in [1.54, 1.807) is 6.92 Å². The van der Waals surface area contributed by atoms with Crippen LogP contribution in [0.5, 0.6) is 0 Å². The lowest BCUT2D eigenvalue weighted by Gasteiger charge is -2.21. The van der Waals surface area contributed by atoms with Gasteiger partial charge in [0.1, 0.15) is 11.0 Å². The lowest BCUT2D eigenvalue weighted by Crippen LogP contribution is -2.23. The van der Waals surface area contributed by atoms with Crippen LogP contribution in [0.2, 0.25) is 0 Å². The second-order valence-electron chi connectivity index (χ2n) is 7.77. The molecule has 0 amide bonds. The molecule has 1 aliphatic rings. The van der Waals surface area contributed by atoms with Crippen LogP contribution < -0.4 is 5.32 Å². The Morgan fingerprint density at radius 1 is 1.07 bits per heavy atom. The molecule has 3 rings (SSSR count). The molecule has 0 bridgehead atoms. The number of rotatable bonds is 5. The Kier molecular flexibility index (Phi) is 6.65. The zero-order valence-corrected chi connectivity index (χ0v) is 18.6. The molecule has 1 N–H and O–H groups in total. The highest BCUT2D eigenvalue weighted by molar-refractivity contribution is 7.80. The van der Waals surface area contributed by atoms with Gasteiger partial charge in [-0.1, -0.05) is 63.2 Å². The van der Waals surface area contributed by atoms with Gasteiger partial charge in [-0.05, 0) is 49.4 Å². The van der Waals surface area contributed by atoms with Crippen LogP contribution in [-0.2, 0) is 12.6 Å². The summed E-state index contributed by atoms with van der Waals surface area (Å²) in [6.07, 6.45) is -0.970. The largest absolute Gasteiger partial charge is 0.416 e. The fourth-order valence-electron chi connectivity index (χ4n) is 4.02. The number of anilines is 1. The van der Waals surface area contributed by atoms with Crippen molar-refractivity contribution in [3.8, 4) is 0 Å². The molecule has 0 aromatic heterocycles. The van der Waals surface area contributed by atoms with E-state index in [2.05, 4.69) is 25.2 Å². The van der Waals surface area contributed by atoms with Crippen molar-refractivity contribution in [1.82, 2.24) is 0 Å². The number of aryl methyl sites for hydroxylation is 1. The minimum atomic E-state index is -4.43. The quantitative estimate of drug-likeness (QED) is 0.513. The Morgan fingerprint density at radius 2 is 1.77 bits per heavy atom. The average molecular weight is 433 g/mol. The van der Waals surface area contributed by atoms with Gasteiger partial charge in [0.25, 0.3) is 0 Å². The van der Waals surface area contributed by atoms with Crippen LogP contribution in [0.15, 0.2) is 35.3 Å². The molecule has 6 heteroatoms. The predicted octanol–water partition coefficient (Wildman–Crippen LogP) is 7.03. The van der Waals surface area contributed by atoms with Crippen molar-refractivity contribution < 1.29 is 13.2 Å². The zero-order valence-electron chi connectivity index (χ0n) is 17.8. The number of benzodiazepines with no additional fused rings is 1. The van der Waals surface area contributed by atoms with Crippen molar-refractivity contribution in [2.24, 2.45) is 4.99 Å². The summed E-state index contributed by atoms with van der Waals surface area (Å²) in [7, 11) is 0. The van der Waals surface area contributed by atoms with Gasteiger partial charge in [-0.25, -0.2) is 0 Å². The summed E-state index contributed by atoms with van der Waals surface area (Å²) >= 11 is 5.56. The number of hydrogen-bond acceptors (Lipinski definition) is 2. The molecule has 1 aliphatic heterocycles. The maximum atomic E-state index is 13.7. The lowest BCUT2D eigenvalue weighted by atomic mass is 9.88. The Hall–Kier alpha value is -2.21. The molecular formula is C24H27F3N2S. The molecule has 0 saturated heterocycles. The van der Waals surface area contributed by atoms with Crippen molar-refractivity contribution in [2.45, 2.75) is 65.6 Å². The van der Waals surface area contributed by atoms with E-state index >= 15 is 0 Å². The van der Waals surface area contributed by atoms with Crippen LogP contribution in [0.25, 0.3) is 0 Å². The molecule has 1 atom stereocenters. The van der Waals surface area contributed by atoms with Gasteiger partial charge in [-0.2, -0.15) is 13.2 Å². The third kappa shape index (κ3) is 4.29. The minimum Gasteiger partial charge on any atom is -0.348 e. The van der Waals surface area contributed by atoms with Crippen LogP contribution in [0.4, 0.5) is 18.9 Å². The first kappa shape index (κ1) is 22.5. The third-order valence-corrected chi connectivity index (χ3v) is 6.02. The van der Waals surface area contributed by atoms with Crippen LogP contribution in [0.3, 0.4) is 0 Å². The Balaban J connectivity index is 2.34. The van der Waals surface area contributed by atoms with E-state index < -0.39 is 11.7 Å². The molecule has 2 nitrogen and oxygen atoms in total. The smallest absolute Gasteiger partial charge is 0.348 e. The molecule has 0 spiro atoms. The topological polar surface area (TPSA) is 24.4 Å². The number of alkyl halides is 3. The second-order valence-corrected chi connectivity index (χ2v) is 8.21. The van der Waals surface area contributed by atoms with E-state index in [4.69, 9.17) is 17.2 Å². The number of fused-ring (bicyclic) bond motifs is 1. The first-order valence-corrected chi connectivity index (χ1v) is 10.8. The van der Waals surface area contributed by atoms with Gasteiger partial charge in [0.05, 0.1) is 11.3 Å². The van der Waals surface area contributed by atoms with E-state index in [0.29, 0.717) is 21.8 Å². The summed E-state index contributed by atoms with van der Waals surface area (Å²) in [6.45, 7) is 7.44. The monoisotopic (exact) mass is 432 g/mol. The number of aliphatic imine (C=N–C) groups is 1. The molecule has 1 unspecified atom stereocenters. The standard InChI is InChI=1S/C24H27F3N2S/c1-5-9-16-11-7-8-12-17(16)22-21-15(4)14(3)18(24(25,26)27)13-20(21)29-23(30)19(28-22)10-6-2/h7-8,11-13,19H,5-6,9-10H2,1-4H3,(H,29,30). The van der Waals surface area contributed by atoms with E-state index in [1.807, 2.05) is 18.2 Å². The highest BCUT2D eigenvalue weighted by atomic mass is 32.1. The number of hydrogen-bond donors (Lipinski definition) is 1. The second kappa shape index (κ2) is 8.88. The van der Waals surface area contributed by atoms with Gasteiger partial charge < -0.3 is 5.32 Å². The first-order valence-electron chi connectivity index (χ1n) is 10.4. The maximum Gasteiger partial charge on any atom is 0.416 e. The van der Waals surface area contributed by atoms with Gasteiger partial charge in [-0.15, -0.1) is 0 Å². The van der Waals surface area contributed by atoms with Crippen molar-refractivity contribution in [3.63, 3.8) is 0 Å². The summed E-state index contributed by atoms with van der Waals surface area (Å²) in [5.74, 6) is 0. The number of halogens is 3. The van der Waals surface area contributed by atoms with Crippen molar-refractivity contribution in [2.75, 3.05) is 5.32 Å². The van der Waals surface area contributed by atoms with Crippen molar-refractivity contribution in [1.29, 1.82) is 0 Å². The van der Waals surface area contributed by atoms with Crippen LogP contribution >= 0.6 is 12.2 Å². The molecule has 2 aromatic rings. The molecular weight excluding hydrogens is 405 g/mol. The van der Waals surface area contributed by atoms with Crippen molar-refractivity contribution >= 4 is 28.6 Å². The summed E-state index contributed by atoms with van der Waals surface area (Å²) in [5, 5.41) is 3.11. The average Bonchev–Trinajstić information content (AvgIpc) is 2.81. The summed E-state index contributed by atoms with van der Waals surface area (Å²) in [6, 6.07) is 8.95. The highest BCUT2D eigenvalue weighted by Gasteiger charge is 2.36. The lowest BCUT2D eigenvalue weighted by molar-refractivity contribution is -0.138. The highest BCUT2D eigenvalue weighted by Crippen LogP contribution is 2.39. The maximum absolute atomic E-state index is 13.7. The third-order valence-electron chi connectivity index (χ3n) is 5.64. The molecule has 0 fully saturated rings. The first-order chi connectivity index (χ1) is 14.2. The normalized spacial score (nSPS) is 16.6. The molecule has 0 aliphatic carbocycles. The van der Waals surface area contributed by atoms with E-state index in [-0.39, 0.29) is 11.6 Å². The fourth-order valence-corrected chi connectivity index (χ4v) is 4.30. The molecule has 2 aromatic carbocycles. The molecule has 0 radical (unpaired) electrons.